The topological polar surface area (TPSA) is 69.6 Å². The molecule has 1 aromatic heterocycles. The minimum Gasteiger partial charge on any atom is -0.267 e. The zero-order chi connectivity index (χ0) is 20.3. The lowest BCUT2D eigenvalue weighted by Gasteiger charge is -2.08. The van der Waals surface area contributed by atoms with Crippen LogP contribution >= 0.6 is 11.3 Å². The lowest BCUT2D eigenvalue weighted by molar-refractivity contribution is 0.953. The number of nitrogens with zero attached hydrogens (tertiary/aromatic N) is 3. The highest BCUT2D eigenvalue weighted by Crippen LogP contribution is 2.13. The number of benzene rings is 2. The van der Waals surface area contributed by atoms with Crippen LogP contribution < -0.4 is 14.8 Å². The summed E-state index contributed by atoms with van der Waals surface area (Å²) in [6.07, 6.45) is 2.58. The fourth-order valence-corrected chi connectivity index (χ4v) is 4.11. The molecule has 3 aromatic rings. The third-order valence-corrected chi connectivity index (χ3v) is 5.69. The molecular weight excluding hydrogens is 366 g/mol. The fraction of sp³-hybridized carbons (Fsp3) is 0.174. The van der Waals surface area contributed by atoms with E-state index in [1.54, 1.807) is 0 Å². The summed E-state index contributed by atoms with van der Waals surface area (Å²) < 4.78 is 2.37. The SMILES string of the molecule is CCc1ccccc1-n1c(=C(C#N)C#N)s/c(=C/c2cc(C)ccc2C)c1=O. The number of hydrogen-bond acceptors (Lipinski definition) is 4. The smallest absolute Gasteiger partial charge is 0.267 e. The second-order valence-electron chi connectivity index (χ2n) is 6.50. The van der Waals surface area contributed by atoms with Gasteiger partial charge in [0.25, 0.3) is 5.56 Å². The van der Waals surface area contributed by atoms with Crippen LogP contribution in [-0.2, 0) is 6.42 Å². The van der Waals surface area contributed by atoms with Crippen LogP contribution in [0.3, 0.4) is 0 Å². The van der Waals surface area contributed by atoms with Crippen molar-refractivity contribution in [2.24, 2.45) is 0 Å². The van der Waals surface area contributed by atoms with Gasteiger partial charge in [-0.15, -0.1) is 11.3 Å². The third kappa shape index (κ3) is 3.53. The Morgan fingerprint density at radius 2 is 1.86 bits per heavy atom. The standard InChI is InChI=1S/C23H19N3OS/c1-4-17-7-5-6-8-20(17)26-22(27)21(28-23(26)19(13-24)14-25)12-18-11-15(2)9-10-16(18)3/h5-12H,4H2,1-3H3/b21-12+. The molecule has 0 radical (unpaired) electrons. The molecule has 0 saturated heterocycles. The third-order valence-electron chi connectivity index (χ3n) is 4.60. The summed E-state index contributed by atoms with van der Waals surface area (Å²) in [4.78, 5) is 13.3. The molecule has 2 aromatic carbocycles. The summed E-state index contributed by atoms with van der Waals surface area (Å²) in [6.45, 7) is 6.01. The van der Waals surface area contributed by atoms with E-state index in [0.29, 0.717) is 14.9 Å². The van der Waals surface area contributed by atoms with E-state index in [-0.39, 0.29) is 11.1 Å². The zero-order valence-corrected chi connectivity index (χ0v) is 16.8. The van der Waals surface area contributed by atoms with Crippen molar-refractivity contribution in [1.82, 2.24) is 4.57 Å². The van der Waals surface area contributed by atoms with Gasteiger partial charge in [0.05, 0.1) is 10.2 Å². The molecule has 0 aliphatic carbocycles. The van der Waals surface area contributed by atoms with Crippen LogP contribution in [0.5, 0.6) is 0 Å². The molecule has 0 N–H and O–H groups in total. The van der Waals surface area contributed by atoms with Crippen molar-refractivity contribution in [2.45, 2.75) is 27.2 Å². The predicted molar refractivity (Wildman–Crippen MR) is 113 cm³/mol. The molecule has 0 fully saturated rings. The first-order chi connectivity index (χ1) is 13.5. The minimum atomic E-state index is -0.218. The molecule has 0 saturated carbocycles. The van der Waals surface area contributed by atoms with Gasteiger partial charge in [0.2, 0.25) is 0 Å². The highest BCUT2D eigenvalue weighted by molar-refractivity contribution is 7.07. The van der Waals surface area contributed by atoms with Gasteiger partial charge in [-0.2, -0.15) is 10.5 Å². The van der Waals surface area contributed by atoms with Gasteiger partial charge in [-0.05, 0) is 49.1 Å². The highest BCUT2D eigenvalue weighted by Gasteiger charge is 2.13. The van der Waals surface area contributed by atoms with Gasteiger partial charge in [-0.25, -0.2) is 0 Å². The lowest BCUT2D eigenvalue weighted by Crippen LogP contribution is -2.31. The van der Waals surface area contributed by atoms with Crippen LogP contribution in [0, 0.1) is 36.5 Å². The maximum atomic E-state index is 13.3. The molecule has 3 rings (SSSR count). The van der Waals surface area contributed by atoms with Gasteiger partial charge in [-0.3, -0.25) is 9.36 Å². The van der Waals surface area contributed by atoms with Crippen molar-refractivity contribution >= 4 is 23.0 Å². The Bertz CT molecular complexity index is 1300. The van der Waals surface area contributed by atoms with Crippen molar-refractivity contribution < 1.29 is 0 Å². The number of aryl methyl sites for hydroxylation is 3. The van der Waals surface area contributed by atoms with E-state index < -0.39 is 0 Å². The molecule has 0 aliphatic rings. The Kier molecular flexibility index (Phi) is 5.59. The molecule has 0 atom stereocenters. The molecule has 0 spiro atoms. The lowest BCUT2D eigenvalue weighted by atomic mass is 10.1. The number of hydrogen-bond donors (Lipinski definition) is 0. The summed E-state index contributed by atoms with van der Waals surface area (Å²) >= 11 is 1.18. The van der Waals surface area contributed by atoms with Crippen molar-refractivity contribution in [1.29, 1.82) is 10.5 Å². The Morgan fingerprint density at radius 1 is 1.14 bits per heavy atom. The average Bonchev–Trinajstić information content (AvgIpc) is 3.01. The molecule has 4 nitrogen and oxygen atoms in total. The first kappa shape index (κ1) is 19.4. The molecule has 28 heavy (non-hydrogen) atoms. The average molecular weight is 385 g/mol. The summed E-state index contributed by atoms with van der Waals surface area (Å²) in [5.41, 5.74) is 4.54. The first-order valence-electron chi connectivity index (χ1n) is 8.93. The normalized spacial score (nSPS) is 11.1. The molecule has 0 unspecified atom stereocenters. The van der Waals surface area contributed by atoms with E-state index in [4.69, 9.17) is 0 Å². The quantitative estimate of drug-likeness (QED) is 0.696. The maximum Gasteiger partial charge on any atom is 0.273 e. The van der Waals surface area contributed by atoms with Crippen LogP contribution in [0.2, 0.25) is 0 Å². The Balaban J connectivity index is 2.46. The second-order valence-corrected chi connectivity index (χ2v) is 7.53. The number of rotatable bonds is 3. The van der Waals surface area contributed by atoms with E-state index in [0.717, 1.165) is 28.7 Å². The zero-order valence-electron chi connectivity index (χ0n) is 16.0. The molecule has 5 heteroatoms. The van der Waals surface area contributed by atoms with Gasteiger partial charge in [-0.1, -0.05) is 48.9 Å². The summed E-state index contributed by atoms with van der Waals surface area (Å²) in [6, 6.07) is 17.5. The van der Waals surface area contributed by atoms with Gasteiger partial charge >= 0.3 is 0 Å². The highest BCUT2D eigenvalue weighted by atomic mass is 32.1. The molecule has 0 aliphatic heterocycles. The van der Waals surface area contributed by atoms with Crippen LogP contribution in [0.25, 0.3) is 17.3 Å². The van der Waals surface area contributed by atoms with Crippen molar-refractivity contribution in [3.8, 4) is 17.8 Å². The van der Waals surface area contributed by atoms with E-state index in [9.17, 15) is 15.3 Å². The fourth-order valence-electron chi connectivity index (χ4n) is 3.07. The van der Waals surface area contributed by atoms with Crippen molar-refractivity contribution in [3.05, 3.63) is 84.3 Å². The Hall–Kier alpha value is -3.41. The van der Waals surface area contributed by atoms with Gasteiger partial charge < -0.3 is 0 Å². The monoisotopic (exact) mass is 385 g/mol. The molecule has 138 valence electrons. The van der Waals surface area contributed by atoms with E-state index in [1.165, 1.54) is 15.9 Å². The predicted octanol–water partition coefficient (Wildman–Crippen LogP) is 3.10. The summed E-state index contributed by atoms with van der Waals surface area (Å²) in [5, 5.41) is 18.8. The largest absolute Gasteiger partial charge is 0.273 e. The molecular formula is C23H19N3OS. The van der Waals surface area contributed by atoms with Crippen LogP contribution in [-0.4, -0.2) is 4.57 Å². The van der Waals surface area contributed by atoms with Crippen LogP contribution in [0.1, 0.15) is 29.2 Å². The van der Waals surface area contributed by atoms with Crippen LogP contribution in [0.15, 0.2) is 47.3 Å². The minimum absolute atomic E-state index is 0.0615. The van der Waals surface area contributed by atoms with E-state index in [2.05, 4.69) is 0 Å². The number of aromatic nitrogens is 1. The molecule has 0 bridgehead atoms. The van der Waals surface area contributed by atoms with Crippen molar-refractivity contribution in [2.75, 3.05) is 0 Å². The number of para-hydroxylation sites is 1. The van der Waals surface area contributed by atoms with Gasteiger partial charge in [0.15, 0.2) is 5.57 Å². The van der Waals surface area contributed by atoms with Crippen molar-refractivity contribution in [3.63, 3.8) is 0 Å². The Morgan fingerprint density at radius 3 is 2.54 bits per heavy atom. The Labute approximate surface area is 167 Å². The van der Waals surface area contributed by atoms with Gasteiger partial charge in [0, 0.05) is 0 Å². The molecule has 1 heterocycles. The van der Waals surface area contributed by atoms with E-state index >= 15 is 0 Å². The number of nitriles is 2. The van der Waals surface area contributed by atoms with E-state index in [1.807, 2.05) is 81.5 Å². The first-order valence-corrected chi connectivity index (χ1v) is 9.75. The summed E-state index contributed by atoms with van der Waals surface area (Å²) in [5.74, 6) is 0. The maximum absolute atomic E-state index is 13.3. The van der Waals surface area contributed by atoms with Crippen LogP contribution in [0.4, 0.5) is 0 Å². The number of thiazole rings is 1. The summed E-state index contributed by atoms with van der Waals surface area (Å²) in [7, 11) is 0. The second kappa shape index (κ2) is 8.08. The molecule has 0 amide bonds. The van der Waals surface area contributed by atoms with Gasteiger partial charge in [0.1, 0.15) is 16.8 Å².